The molecule has 0 saturated heterocycles. The van der Waals surface area contributed by atoms with Crippen LogP contribution in [0.1, 0.15) is 45.4 Å². The summed E-state index contributed by atoms with van der Waals surface area (Å²) in [6.07, 6.45) is 2.76. The maximum absolute atomic E-state index is 11.9. The lowest BCUT2D eigenvalue weighted by Gasteiger charge is -2.23. The molecule has 1 fully saturated rings. The van der Waals surface area contributed by atoms with Crippen molar-refractivity contribution in [3.8, 4) is 0 Å². The maximum atomic E-state index is 11.9. The van der Waals surface area contributed by atoms with Crippen molar-refractivity contribution in [1.82, 2.24) is 10.6 Å². The van der Waals surface area contributed by atoms with Gasteiger partial charge in [0.1, 0.15) is 0 Å². The minimum atomic E-state index is -4.27. The molecule has 1 aliphatic rings. The van der Waals surface area contributed by atoms with Crippen molar-refractivity contribution in [2.24, 2.45) is 5.92 Å². The molecule has 1 rings (SSSR count). The molecule has 1 saturated carbocycles. The van der Waals surface area contributed by atoms with Crippen molar-refractivity contribution in [3.05, 3.63) is 0 Å². The van der Waals surface area contributed by atoms with Crippen molar-refractivity contribution in [3.63, 3.8) is 0 Å². The van der Waals surface area contributed by atoms with Gasteiger partial charge in [0, 0.05) is 6.04 Å². The highest BCUT2D eigenvalue weighted by Crippen LogP contribution is 2.25. The van der Waals surface area contributed by atoms with Gasteiger partial charge in [-0.2, -0.15) is 13.2 Å². The van der Waals surface area contributed by atoms with Crippen LogP contribution >= 0.6 is 0 Å². The summed E-state index contributed by atoms with van der Waals surface area (Å²) in [7, 11) is 0. The van der Waals surface area contributed by atoms with Gasteiger partial charge in [0.05, 0.1) is 13.1 Å². The van der Waals surface area contributed by atoms with E-state index in [1.807, 2.05) is 6.92 Å². The molecule has 1 atom stereocenters. The fourth-order valence-corrected chi connectivity index (χ4v) is 2.55. The van der Waals surface area contributed by atoms with Gasteiger partial charge in [0.25, 0.3) is 0 Å². The van der Waals surface area contributed by atoms with E-state index >= 15 is 0 Å². The summed E-state index contributed by atoms with van der Waals surface area (Å²) in [5, 5.41) is 4.90. The molecule has 0 aliphatic heterocycles. The smallest absolute Gasteiger partial charge is 0.352 e. The topological polar surface area (TPSA) is 41.1 Å². The Morgan fingerprint density at radius 1 is 1.21 bits per heavy atom. The van der Waals surface area contributed by atoms with Crippen LogP contribution < -0.4 is 10.6 Å². The molecule has 0 radical (unpaired) electrons. The molecular weight excluding hydrogens is 257 g/mol. The molecule has 0 spiro atoms. The summed E-state index contributed by atoms with van der Waals surface area (Å²) in [6, 6.07) is 0.0401. The SMILES string of the molecule is C[C@H](NC(=O)CNCC(F)(F)F)C1CCCCCC1. The van der Waals surface area contributed by atoms with Gasteiger partial charge in [0.2, 0.25) is 5.91 Å². The first-order valence-corrected chi connectivity index (χ1v) is 6.95. The van der Waals surface area contributed by atoms with Crippen molar-refractivity contribution in [1.29, 1.82) is 0 Å². The number of amides is 1. The van der Waals surface area contributed by atoms with Gasteiger partial charge in [-0.1, -0.05) is 25.7 Å². The fraction of sp³-hybridized carbons (Fsp3) is 0.923. The van der Waals surface area contributed by atoms with Crippen molar-refractivity contribution >= 4 is 5.91 Å². The van der Waals surface area contributed by atoms with Crippen LogP contribution in [0.3, 0.4) is 0 Å². The summed E-state index contributed by atoms with van der Waals surface area (Å²) in [6.45, 7) is 0.534. The van der Waals surface area contributed by atoms with E-state index in [0.29, 0.717) is 5.92 Å². The Morgan fingerprint density at radius 3 is 2.32 bits per heavy atom. The standard InChI is InChI=1S/C13H23F3N2O/c1-10(11-6-4-2-3-5-7-11)18-12(19)8-17-9-13(14,15)16/h10-11,17H,2-9H2,1H3,(H,18,19)/t10-/m0/s1. The van der Waals surface area contributed by atoms with Gasteiger partial charge >= 0.3 is 6.18 Å². The quantitative estimate of drug-likeness (QED) is 0.760. The summed E-state index contributed by atoms with van der Waals surface area (Å²) in [4.78, 5) is 11.5. The van der Waals surface area contributed by atoms with E-state index in [-0.39, 0.29) is 18.5 Å². The number of nitrogens with one attached hydrogen (secondary N) is 2. The van der Waals surface area contributed by atoms with Gasteiger partial charge < -0.3 is 10.6 Å². The van der Waals surface area contributed by atoms with Gasteiger partial charge in [-0.25, -0.2) is 0 Å². The highest BCUT2D eigenvalue weighted by Gasteiger charge is 2.27. The third kappa shape index (κ3) is 7.40. The maximum Gasteiger partial charge on any atom is 0.401 e. The number of hydrogen-bond acceptors (Lipinski definition) is 2. The summed E-state index contributed by atoms with van der Waals surface area (Å²) in [5.74, 6) is 0.0927. The number of halogens is 3. The van der Waals surface area contributed by atoms with E-state index in [1.165, 1.54) is 25.7 Å². The van der Waals surface area contributed by atoms with Gasteiger partial charge in [-0.3, -0.25) is 4.79 Å². The number of rotatable bonds is 5. The van der Waals surface area contributed by atoms with Crippen LogP contribution in [-0.4, -0.2) is 31.2 Å². The molecule has 0 heterocycles. The Morgan fingerprint density at radius 2 is 1.79 bits per heavy atom. The van der Waals surface area contributed by atoms with Gasteiger partial charge in [0.15, 0.2) is 0 Å². The Balaban J connectivity index is 2.23. The Bertz CT molecular complexity index is 274. The second-order valence-corrected chi connectivity index (χ2v) is 5.33. The Kier molecular flexibility index (Phi) is 6.62. The molecule has 0 bridgehead atoms. The normalized spacial score (nSPS) is 19.8. The zero-order chi connectivity index (χ0) is 14.3. The predicted molar refractivity (Wildman–Crippen MR) is 67.7 cm³/mol. The van der Waals surface area contributed by atoms with Crippen LogP contribution in [0, 0.1) is 5.92 Å². The average molecular weight is 280 g/mol. The lowest BCUT2D eigenvalue weighted by Crippen LogP contribution is -2.44. The van der Waals surface area contributed by atoms with E-state index in [9.17, 15) is 18.0 Å². The van der Waals surface area contributed by atoms with E-state index in [0.717, 1.165) is 12.8 Å². The second kappa shape index (κ2) is 7.72. The molecular formula is C13H23F3N2O. The summed E-state index contributed by atoms with van der Waals surface area (Å²) >= 11 is 0. The third-order valence-corrected chi connectivity index (χ3v) is 3.61. The van der Waals surface area contributed by atoms with Gasteiger partial charge in [-0.15, -0.1) is 0 Å². The molecule has 3 nitrogen and oxygen atoms in total. The summed E-state index contributed by atoms with van der Waals surface area (Å²) < 4.78 is 35.7. The van der Waals surface area contributed by atoms with Crippen molar-refractivity contribution < 1.29 is 18.0 Å². The number of hydrogen-bond donors (Lipinski definition) is 2. The number of carbonyl (C=O) groups is 1. The van der Waals surface area contributed by atoms with Crippen LogP contribution in [0.15, 0.2) is 0 Å². The first-order chi connectivity index (χ1) is 8.88. The van der Waals surface area contributed by atoms with Crippen molar-refractivity contribution in [2.75, 3.05) is 13.1 Å². The summed E-state index contributed by atoms with van der Waals surface area (Å²) in [5.41, 5.74) is 0. The first kappa shape index (κ1) is 16.3. The van der Waals surface area contributed by atoms with Crippen LogP contribution in [-0.2, 0) is 4.79 Å². The molecule has 112 valence electrons. The highest BCUT2D eigenvalue weighted by atomic mass is 19.4. The number of alkyl halides is 3. The molecule has 0 aromatic rings. The van der Waals surface area contributed by atoms with Crippen molar-refractivity contribution in [2.45, 2.75) is 57.7 Å². The minimum Gasteiger partial charge on any atom is -0.352 e. The Labute approximate surface area is 112 Å². The zero-order valence-electron chi connectivity index (χ0n) is 11.4. The molecule has 0 unspecified atom stereocenters. The first-order valence-electron chi connectivity index (χ1n) is 6.95. The van der Waals surface area contributed by atoms with E-state index in [2.05, 4.69) is 10.6 Å². The Hall–Kier alpha value is -0.780. The molecule has 6 heteroatoms. The minimum absolute atomic E-state index is 0.0401. The van der Waals surface area contributed by atoms with Crippen LogP contribution in [0.5, 0.6) is 0 Å². The van der Waals surface area contributed by atoms with Crippen LogP contribution in [0.2, 0.25) is 0 Å². The monoisotopic (exact) mass is 280 g/mol. The molecule has 1 aliphatic carbocycles. The van der Waals surface area contributed by atoms with E-state index < -0.39 is 12.7 Å². The van der Waals surface area contributed by atoms with E-state index in [1.54, 1.807) is 0 Å². The van der Waals surface area contributed by atoms with Crippen LogP contribution in [0.4, 0.5) is 13.2 Å². The lowest BCUT2D eigenvalue weighted by molar-refractivity contribution is -0.128. The number of carbonyl (C=O) groups excluding carboxylic acids is 1. The molecule has 1 amide bonds. The lowest BCUT2D eigenvalue weighted by atomic mass is 9.93. The average Bonchev–Trinajstić information content (AvgIpc) is 2.55. The molecule has 2 N–H and O–H groups in total. The van der Waals surface area contributed by atoms with Crippen LogP contribution in [0.25, 0.3) is 0 Å². The predicted octanol–water partition coefficient (Wildman–Crippen LogP) is 2.61. The molecule has 0 aromatic carbocycles. The molecule has 19 heavy (non-hydrogen) atoms. The third-order valence-electron chi connectivity index (χ3n) is 3.61. The molecule has 0 aromatic heterocycles. The van der Waals surface area contributed by atoms with E-state index in [4.69, 9.17) is 0 Å². The van der Waals surface area contributed by atoms with Gasteiger partial charge in [-0.05, 0) is 25.7 Å². The largest absolute Gasteiger partial charge is 0.401 e. The zero-order valence-corrected chi connectivity index (χ0v) is 11.4. The second-order valence-electron chi connectivity index (χ2n) is 5.33. The fourth-order valence-electron chi connectivity index (χ4n) is 2.55. The highest BCUT2D eigenvalue weighted by molar-refractivity contribution is 5.78.